The third-order valence-corrected chi connectivity index (χ3v) is 3.21. The highest BCUT2D eigenvalue weighted by atomic mass is 35.5. The smallest absolute Gasteiger partial charge is 0.273 e. The minimum atomic E-state index is -0.505. The number of halogens is 1. The molecular formula is C14H12ClN3O3. The molecule has 2 rings (SSSR count). The molecule has 0 aliphatic heterocycles. The van der Waals surface area contributed by atoms with Crippen LogP contribution in [0, 0.1) is 17.0 Å². The monoisotopic (exact) mass is 305 g/mol. The summed E-state index contributed by atoms with van der Waals surface area (Å²) in [6.45, 7) is 1.82. The lowest BCUT2D eigenvalue weighted by Gasteiger charge is -2.08. The Balaban J connectivity index is 2.12. The Hall–Kier alpha value is -2.47. The first-order valence-electron chi connectivity index (χ1n) is 6.11. The molecule has 0 atom stereocenters. The average Bonchev–Trinajstić information content (AvgIpc) is 2.46. The van der Waals surface area contributed by atoms with E-state index in [1.165, 1.54) is 12.1 Å². The van der Waals surface area contributed by atoms with Crippen LogP contribution in [0.5, 0.6) is 0 Å². The Labute approximate surface area is 125 Å². The first-order valence-corrected chi connectivity index (χ1v) is 6.49. The third kappa shape index (κ3) is 3.55. The van der Waals surface area contributed by atoms with Crippen molar-refractivity contribution in [3.8, 4) is 0 Å². The first-order chi connectivity index (χ1) is 9.99. The molecule has 108 valence electrons. The number of amides is 1. The average molecular weight is 306 g/mol. The van der Waals surface area contributed by atoms with Gasteiger partial charge in [-0.2, -0.15) is 0 Å². The summed E-state index contributed by atoms with van der Waals surface area (Å²) in [5, 5.41) is 13.9. The second kappa shape index (κ2) is 6.32. The van der Waals surface area contributed by atoms with Crippen LogP contribution in [0.4, 0.5) is 5.69 Å². The summed E-state index contributed by atoms with van der Waals surface area (Å²) in [6.07, 6.45) is 1.56. The Bertz CT molecular complexity index is 686. The maximum atomic E-state index is 12.1. The zero-order valence-corrected chi connectivity index (χ0v) is 11.9. The summed E-state index contributed by atoms with van der Waals surface area (Å²) in [5.74, 6) is -0.369. The predicted octanol–water partition coefficient (Wildman–Crippen LogP) is 2.88. The van der Waals surface area contributed by atoms with Gasteiger partial charge in [0.25, 0.3) is 11.6 Å². The highest BCUT2D eigenvalue weighted by Gasteiger charge is 2.17. The third-order valence-electron chi connectivity index (χ3n) is 2.99. The molecule has 1 N–H and O–H groups in total. The zero-order chi connectivity index (χ0) is 15.4. The largest absolute Gasteiger partial charge is 0.348 e. The summed E-state index contributed by atoms with van der Waals surface area (Å²) in [6, 6.07) is 7.79. The molecule has 1 aromatic carbocycles. The number of nitrogens with one attached hydrogen (secondary N) is 1. The zero-order valence-electron chi connectivity index (χ0n) is 11.2. The van der Waals surface area contributed by atoms with Gasteiger partial charge in [-0.05, 0) is 24.6 Å². The minimum Gasteiger partial charge on any atom is -0.348 e. The van der Waals surface area contributed by atoms with Gasteiger partial charge in [-0.1, -0.05) is 23.7 Å². The molecule has 1 aromatic heterocycles. The number of carbonyl (C=O) groups is 1. The predicted molar refractivity (Wildman–Crippen MR) is 78.3 cm³/mol. The van der Waals surface area contributed by atoms with Crippen LogP contribution in [0.1, 0.15) is 21.5 Å². The quantitative estimate of drug-likeness (QED) is 0.534. The number of aromatic nitrogens is 1. The standard InChI is InChI=1S/C14H12ClN3O3/c1-9-11(3-2-4-12(9)18(20)21)14(19)17-8-10-5-6-13(15)16-7-10/h2-7H,8H2,1H3,(H,17,19). The number of carbonyl (C=O) groups excluding carboxylic acids is 1. The van der Waals surface area contributed by atoms with Crippen LogP contribution >= 0.6 is 11.6 Å². The second-order valence-corrected chi connectivity index (χ2v) is 4.77. The van der Waals surface area contributed by atoms with Crippen LogP contribution in [-0.2, 0) is 6.54 Å². The molecule has 0 aliphatic rings. The van der Waals surface area contributed by atoms with Crippen molar-refractivity contribution in [1.82, 2.24) is 10.3 Å². The van der Waals surface area contributed by atoms with E-state index >= 15 is 0 Å². The summed E-state index contributed by atoms with van der Waals surface area (Å²) in [7, 11) is 0. The van der Waals surface area contributed by atoms with Crippen LogP contribution < -0.4 is 5.32 Å². The summed E-state index contributed by atoms with van der Waals surface area (Å²) < 4.78 is 0. The molecule has 2 aromatic rings. The van der Waals surface area contributed by atoms with Gasteiger partial charge in [0.05, 0.1) is 4.92 Å². The Morgan fingerprint density at radius 1 is 1.38 bits per heavy atom. The normalized spacial score (nSPS) is 10.2. The highest BCUT2D eigenvalue weighted by molar-refractivity contribution is 6.29. The summed E-state index contributed by atoms with van der Waals surface area (Å²) in [4.78, 5) is 26.4. The van der Waals surface area contributed by atoms with Gasteiger partial charge in [-0.15, -0.1) is 0 Å². The maximum Gasteiger partial charge on any atom is 0.273 e. The van der Waals surface area contributed by atoms with Gasteiger partial charge in [0.1, 0.15) is 5.15 Å². The van der Waals surface area contributed by atoms with E-state index < -0.39 is 4.92 Å². The molecular weight excluding hydrogens is 294 g/mol. The van der Waals surface area contributed by atoms with E-state index in [2.05, 4.69) is 10.3 Å². The van der Waals surface area contributed by atoms with Gasteiger partial charge in [-0.3, -0.25) is 14.9 Å². The molecule has 7 heteroatoms. The van der Waals surface area contributed by atoms with E-state index in [1.807, 2.05) is 0 Å². The van der Waals surface area contributed by atoms with Crippen molar-refractivity contribution >= 4 is 23.2 Å². The second-order valence-electron chi connectivity index (χ2n) is 4.38. The number of pyridine rings is 1. The van der Waals surface area contributed by atoms with Crippen LogP contribution in [-0.4, -0.2) is 15.8 Å². The topological polar surface area (TPSA) is 85.1 Å². The lowest BCUT2D eigenvalue weighted by Crippen LogP contribution is -2.23. The Kier molecular flexibility index (Phi) is 4.49. The van der Waals surface area contributed by atoms with Gasteiger partial charge < -0.3 is 5.32 Å². The van der Waals surface area contributed by atoms with Gasteiger partial charge >= 0.3 is 0 Å². The van der Waals surface area contributed by atoms with E-state index in [1.54, 1.807) is 31.3 Å². The maximum absolute atomic E-state index is 12.1. The molecule has 0 bridgehead atoms. The SMILES string of the molecule is Cc1c(C(=O)NCc2ccc(Cl)nc2)cccc1[N+](=O)[O-]. The molecule has 6 nitrogen and oxygen atoms in total. The summed E-state index contributed by atoms with van der Waals surface area (Å²) >= 11 is 5.68. The Morgan fingerprint density at radius 2 is 2.14 bits per heavy atom. The number of rotatable bonds is 4. The summed E-state index contributed by atoms with van der Waals surface area (Å²) in [5.41, 5.74) is 1.34. The van der Waals surface area contributed by atoms with Crippen LogP contribution in [0.3, 0.4) is 0 Å². The van der Waals surface area contributed by atoms with E-state index in [0.29, 0.717) is 10.7 Å². The van der Waals surface area contributed by atoms with Crippen molar-refractivity contribution in [1.29, 1.82) is 0 Å². The van der Waals surface area contributed by atoms with E-state index in [0.717, 1.165) is 5.56 Å². The number of hydrogen-bond acceptors (Lipinski definition) is 4. The number of nitro groups is 1. The van der Waals surface area contributed by atoms with E-state index in [9.17, 15) is 14.9 Å². The van der Waals surface area contributed by atoms with Crippen molar-refractivity contribution < 1.29 is 9.72 Å². The van der Waals surface area contributed by atoms with Gasteiger partial charge in [-0.25, -0.2) is 4.98 Å². The molecule has 0 fully saturated rings. The van der Waals surface area contributed by atoms with E-state index in [4.69, 9.17) is 11.6 Å². The van der Waals surface area contributed by atoms with Crippen LogP contribution in [0.25, 0.3) is 0 Å². The van der Waals surface area contributed by atoms with Gasteiger partial charge in [0, 0.05) is 29.9 Å². The van der Waals surface area contributed by atoms with Crippen molar-refractivity contribution in [3.05, 3.63) is 68.5 Å². The molecule has 0 aliphatic carbocycles. The number of nitro benzene ring substituents is 1. The fourth-order valence-electron chi connectivity index (χ4n) is 1.86. The molecule has 21 heavy (non-hydrogen) atoms. The fraction of sp³-hybridized carbons (Fsp3) is 0.143. The van der Waals surface area contributed by atoms with Crippen LogP contribution in [0.15, 0.2) is 36.5 Å². The molecule has 1 heterocycles. The molecule has 0 unspecified atom stereocenters. The Morgan fingerprint density at radius 3 is 2.76 bits per heavy atom. The van der Waals surface area contributed by atoms with E-state index in [-0.39, 0.29) is 23.7 Å². The molecule has 0 spiro atoms. The highest BCUT2D eigenvalue weighted by Crippen LogP contribution is 2.21. The van der Waals surface area contributed by atoms with Crippen molar-refractivity contribution in [2.45, 2.75) is 13.5 Å². The first kappa shape index (κ1) is 14.9. The molecule has 0 saturated heterocycles. The molecule has 0 saturated carbocycles. The van der Waals surface area contributed by atoms with Crippen LogP contribution in [0.2, 0.25) is 5.15 Å². The van der Waals surface area contributed by atoms with Crippen molar-refractivity contribution in [2.24, 2.45) is 0 Å². The molecule has 0 radical (unpaired) electrons. The van der Waals surface area contributed by atoms with Crippen molar-refractivity contribution in [3.63, 3.8) is 0 Å². The molecule has 1 amide bonds. The number of nitrogens with zero attached hydrogens (tertiary/aromatic N) is 2. The minimum absolute atomic E-state index is 0.0733. The van der Waals surface area contributed by atoms with Crippen molar-refractivity contribution in [2.75, 3.05) is 0 Å². The fourth-order valence-corrected chi connectivity index (χ4v) is 1.97. The van der Waals surface area contributed by atoms with Gasteiger partial charge in [0.15, 0.2) is 0 Å². The lowest BCUT2D eigenvalue weighted by atomic mass is 10.1. The van der Waals surface area contributed by atoms with Gasteiger partial charge in [0.2, 0.25) is 0 Å². The lowest BCUT2D eigenvalue weighted by molar-refractivity contribution is -0.385. The number of hydrogen-bond donors (Lipinski definition) is 1. The number of benzene rings is 1.